The predicted octanol–water partition coefficient (Wildman–Crippen LogP) is 3.46. The number of hydrogen-bond acceptors (Lipinski definition) is 4. The lowest BCUT2D eigenvalue weighted by molar-refractivity contribution is 0.206. The van der Waals surface area contributed by atoms with Gasteiger partial charge in [-0.1, -0.05) is 6.92 Å². The first-order valence-electron chi connectivity index (χ1n) is 7.81. The van der Waals surface area contributed by atoms with Crippen molar-refractivity contribution in [2.45, 2.75) is 52.4 Å². The Hall–Kier alpha value is -1.52. The van der Waals surface area contributed by atoms with Gasteiger partial charge in [-0.05, 0) is 50.1 Å². The van der Waals surface area contributed by atoms with Crippen molar-refractivity contribution < 1.29 is 8.83 Å². The Morgan fingerprint density at radius 2 is 2.10 bits per heavy atom. The zero-order chi connectivity index (χ0) is 14.7. The number of nitrogens with zero attached hydrogens (tertiary/aromatic N) is 1. The summed E-state index contributed by atoms with van der Waals surface area (Å²) in [7, 11) is 0. The summed E-state index contributed by atoms with van der Waals surface area (Å²) < 4.78 is 11.5. The van der Waals surface area contributed by atoms with E-state index in [1.807, 2.05) is 12.1 Å². The summed E-state index contributed by atoms with van der Waals surface area (Å²) >= 11 is 0. The summed E-state index contributed by atoms with van der Waals surface area (Å²) in [4.78, 5) is 2.45. The van der Waals surface area contributed by atoms with Crippen LogP contribution in [0.15, 0.2) is 33.3 Å². The zero-order valence-electron chi connectivity index (χ0n) is 12.9. The molecule has 4 heteroatoms. The second-order valence-electron chi connectivity index (χ2n) is 5.81. The fourth-order valence-electron chi connectivity index (χ4n) is 2.64. The molecular formula is C17H24N2O2. The molecule has 0 aliphatic heterocycles. The van der Waals surface area contributed by atoms with Crippen molar-refractivity contribution in [1.82, 2.24) is 10.2 Å². The van der Waals surface area contributed by atoms with Gasteiger partial charge in [-0.2, -0.15) is 0 Å². The fraction of sp³-hybridized carbons (Fsp3) is 0.529. The third kappa shape index (κ3) is 3.77. The first-order valence-corrected chi connectivity index (χ1v) is 7.81. The topological polar surface area (TPSA) is 41.6 Å². The van der Waals surface area contributed by atoms with Gasteiger partial charge in [0.2, 0.25) is 0 Å². The fourth-order valence-corrected chi connectivity index (χ4v) is 2.64. The molecule has 0 saturated heterocycles. The monoisotopic (exact) mass is 288 g/mol. The Morgan fingerprint density at radius 1 is 1.29 bits per heavy atom. The van der Waals surface area contributed by atoms with Crippen LogP contribution in [0.5, 0.6) is 0 Å². The molecule has 0 amide bonds. The highest BCUT2D eigenvalue weighted by molar-refractivity contribution is 5.20. The zero-order valence-corrected chi connectivity index (χ0v) is 12.9. The summed E-state index contributed by atoms with van der Waals surface area (Å²) in [5.74, 6) is 3.14. The minimum absolute atomic E-state index is 0.678. The van der Waals surface area contributed by atoms with E-state index < -0.39 is 0 Å². The lowest BCUT2D eigenvalue weighted by Crippen LogP contribution is -2.24. The molecule has 1 aliphatic rings. The molecule has 2 heterocycles. The van der Waals surface area contributed by atoms with Crippen molar-refractivity contribution in [3.05, 3.63) is 47.3 Å². The molecule has 21 heavy (non-hydrogen) atoms. The second-order valence-corrected chi connectivity index (χ2v) is 5.81. The van der Waals surface area contributed by atoms with Crippen LogP contribution in [-0.2, 0) is 19.6 Å². The number of rotatable bonds is 8. The van der Waals surface area contributed by atoms with Gasteiger partial charge >= 0.3 is 0 Å². The summed E-state index contributed by atoms with van der Waals surface area (Å²) in [6.45, 7) is 7.72. The SMILES string of the molecule is CCNCc1oc(CN(Cc2ccco2)C2CC2)cc1C. The van der Waals surface area contributed by atoms with Crippen molar-refractivity contribution >= 4 is 0 Å². The molecule has 1 saturated carbocycles. The highest BCUT2D eigenvalue weighted by atomic mass is 16.3. The molecule has 1 N–H and O–H groups in total. The molecule has 114 valence electrons. The van der Waals surface area contributed by atoms with Gasteiger partial charge in [0.15, 0.2) is 0 Å². The van der Waals surface area contributed by atoms with Crippen LogP contribution >= 0.6 is 0 Å². The van der Waals surface area contributed by atoms with Gasteiger partial charge in [0, 0.05) is 6.04 Å². The average molecular weight is 288 g/mol. The van der Waals surface area contributed by atoms with Gasteiger partial charge in [-0.25, -0.2) is 0 Å². The predicted molar refractivity (Wildman–Crippen MR) is 81.8 cm³/mol. The molecule has 0 aromatic carbocycles. The molecule has 2 aromatic rings. The third-order valence-corrected chi connectivity index (χ3v) is 3.97. The minimum atomic E-state index is 0.678. The van der Waals surface area contributed by atoms with E-state index >= 15 is 0 Å². The van der Waals surface area contributed by atoms with Crippen LogP contribution in [0, 0.1) is 6.92 Å². The van der Waals surface area contributed by atoms with Crippen molar-refractivity contribution in [3.8, 4) is 0 Å². The lowest BCUT2D eigenvalue weighted by atomic mass is 10.2. The lowest BCUT2D eigenvalue weighted by Gasteiger charge is -2.19. The quantitative estimate of drug-likeness (QED) is 0.807. The molecule has 2 aromatic heterocycles. The maximum Gasteiger partial charge on any atom is 0.120 e. The standard InChI is InChI=1S/C17H24N2O2/c1-3-18-10-17-13(2)9-16(21-17)12-19(14-6-7-14)11-15-5-4-8-20-15/h4-5,8-9,14,18H,3,6-7,10-12H2,1-2H3. The molecule has 1 aliphatic carbocycles. The first kappa shape index (κ1) is 14.4. The maximum absolute atomic E-state index is 6.01. The summed E-state index contributed by atoms with van der Waals surface area (Å²) in [6.07, 6.45) is 4.31. The molecule has 0 spiro atoms. The Bertz CT molecular complexity index is 555. The van der Waals surface area contributed by atoms with Crippen LogP contribution in [0.4, 0.5) is 0 Å². The van der Waals surface area contributed by atoms with Crippen LogP contribution in [0.2, 0.25) is 0 Å². The Kier molecular flexibility index (Phi) is 4.46. The third-order valence-electron chi connectivity index (χ3n) is 3.97. The molecule has 0 unspecified atom stereocenters. The Balaban J connectivity index is 1.65. The average Bonchev–Trinajstić information content (AvgIpc) is 3.09. The van der Waals surface area contributed by atoms with Gasteiger partial charge in [-0.3, -0.25) is 4.90 Å². The highest BCUT2D eigenvalue weighted by Gasteiger charge is 2.30. The van der Waals surface area contributed by atoms with Crippen LogP contribution in [0.1, 0.15) is 42.6 Å². The molecular weight excluding hydrogens is 264 g/mol. The van der Waals surface area contributed by atoms with Crippen molar-refractivity contribution in [3.63, 3.8) is 0 Å². The van der Waals surface area contributed by atoms with E-state index in [2.05, 4.69) is 30.1 Å². The summed E-state index contributed by atoms with van der Waals surface area (Å²) in [6, 6.07) is 6.84. The Labute approximate surface area is 126 Å². The number of nitrogens with one attached hydrogen (secondary N) is 1. The Morgan fingerprint density at radius 3 is 2.76 bits per heavy atom. The van der Waals surface area contributed by atoms with Crippen molar-refractivity contribution in [2.24, 2.45) is 0 Å². The summed E-state index contributed by atoms with van der Waals surface area (Å²) in [5, 5.41) is 3.32. The summed E-state index contributed by atoms with van der Waals surface area (Å²) in [5.41, 5.74) is 1.24. The molecule has 0 radical (unpaired) electrons. The largest absolute Gasteiger partial charge is 0.468 e. The molecule has 3 rings (SSSR count). The smallest absolute Gasteiger partial charge is 0.120 e. The second kappa shape index (κ2) is 6.50. The minimum Gasteiger partial charge on any atom is -0.468 e. The van der Waals surface area contributed by atoms with E-state index in [1.165, 1.54) is 18.4 Å². The van der Waals surface area contributed by atoms with E-state index in [0.717, 1.165) is 43.5 Å². The molecule has 4 nitrogen and oxygen atoms in total. The number of aryl methyl sites for hydroxylation is 1. The van der Waals surface area contributed by atoms with Gasteiger partial charge in [-0.15, -0.1) is 0 Å². The van der Waals surface area contributed by atoms with Gasteiger partial charge in [0.1, 0.15) is 17.3 Å². The number of hydrogen-bond donors (Lipinski definition) is 1. The maximum atomic E-state index is 6.01. The van der Waals surface area contributed by atoms with Gasteiger partial charge in [0.25, 0.3) is 0 Å². The molecule has 1 fully saturated rings. The van der Waals surface area contributed by atoms with Gasteiger partial charge in [0.05, 0.1) is 25.9 Å². The van der Waals surface area contributed by atoms with E-state index in [9.17, 15) is 0 Å². The number of furan rings is 2. The van der Waals surface area contributed by atoms with Crippen molar-refractivity contribution in [1.29, 1.82) is 0 Å². The van der Waals surface area contributed by atoms with Crippen LogP contribution < -0.4 is 5.32 Å². The van der Waals surface area contributed by atoms with Crippen LogP contribution in [0.3, 0.4) is 0 Å². The van der Waals surface area contributed by atoms with E-state index in [-0.39, 0.29) is 0 Å². The normalized spacial score (nSPS) is 15.0. The van der Waals surface area contributed by atoms with E-state index in [0.29, 0.717) is 6.04 Å². The molecule has 0 atom stereocenters. The first-order chi connectivity index (χ1) is 10.3. The van der Waals surface area contributed by atoms with E-state index in [1.54, 1.807) is 6.26 Å². The highest BCUT2D eigenvalue weighted by Crippen LogP contribution is 2.30. The van der Waals surface area contributed by atoms with Gasteiger partial charge < -0.3 is 14.2 Å². The van der Waals surface area contributed by atoms with Crippen molar-refractivity contribution in [2.75, 3.05) is 6.54 Å². The van der Waals surface area contributed by atoms with Crippen LogP contribution in [-0.4, -0.2) is 17.5 Å². The van der Waals surface area contributed by atoms with Crippen LogP contribution in [0.25, 0.3) is 0 Å². The molecule has 0 bridgehead atoms. The van der Waals surface area contributed by atoms with E-state index in [4.69, 9.17) is 8.83 Å².